The lowest BCUT2D eigenvalue weighted by Gasteiger charge is -2.34. The fourth-order valence-electron chi connectivity index (χ4n) is 2.83. The molecule has 1 aliphatic heterocycles. The minimum atomic E-state index is -3.48. The molecule has 0 aromatic heterocycles. The number of carbonyl (C=O) groups excluding carboxylic acids is 1. The van der Waals surface area contributed by atoms with Crippen LogP contribution in [0.1, 0.15) is 5.56 Å². The molecule has 0 radical (unpaired) electrons. The maximum Gasteiger partial charge on any atom is 0.322 e. The topological polar surface area (TPSA) is 69.7 Å². The van der Waals surface area contributed by atoms with Crippen LogP contribution in [-0.4, -0.2) is 49.8 Å². The number of urea groups is 1. The lowest BCUT2D eigenvalue weighted by Crippen LogP contribution is -2.51. The number of nitrogens with one attached hydrogen (secondary N) is 1. The summed E-state index contributed by atoms with van der Waals surface area (Å²) in [5, 5.41) is 2.38. The van der Waals surface area contributed by atoms with Crippen LogP contribution in [0, 0.1) is 11.6 Å². The summed E-state index contributed by atoms with van der Waals surface area (Å²) in [4.78, 5) is 13.6. The second kappa shape index (κ2) is 8.01. The van der Waals surface area contributed by atoms with Gasteiger partial charge in [0.15, 0.2) is 0 Å². The molecular formula is C18H19F2N3O3S. The van der Waals surface area contributed by atoms with Crippen LogP contribution in [0.25, 0.3) is 0 Å². The number of hydrogen-bond acceptors (Lipinski definition) is 3. The highest BCUT2D eigenvalue weighted by molar-refractivity contribution is 7.88. The van der Waals surface area contributed by atoms with Crippen LogP contribution in [-0.2, 0) is 15.8 Å². The van der Waals surface area contributed by atoms with Crippen molar-refractivity contribution in [1.82, 2.24) is 9.21 Å². The molecule has 0 spiro atoms. The molecule has 2 aromatic rings. The molecule has 144 valence electrons. The van der Waals surface area contributed by atoms with Gasteiger partial charge < -0.3 is 10.2 Å². The fraction of sp³-hybridized carbons (Fsp3) is 0.278. The van der Waals surface area contributed by atoms with Crippen LogP contribution in [0.15, 0.2) is 48.5 Å². The summed E-state index contributed by atoms with van der Waals surface area (Å²) in [5.74, 6) is -1.70. The molecule has 0 saturated carbocycles. The SMILES string of the molecule is O=C(Nc1ccc(F)cc1F)N1CCN(S(=O)(=O)Cc2ccccc2)CC1. The maximum atomic E-state index is 13.6. The van der Waals surface area contributed by atoms with Gasteiger partial charge in [-0.15, -0.1) is 0 Å². The van der Waals surface area contributed by atoms with E-state index in [4.69, 9.17) is 0 Å². The van der Waals surface area contributed by atoms with Crippen LogP contribution in [0.2, 0.25) is 0 Å². The number of carbonyl (C=O) groups is 1. The van der Waals surface area contributed by atoms with Crippen molar-refractivity contribution in [2.75, 3.05) is 31.5 Å². The van der Waals surface area contributed by atoms with Crippen molar-refractivity contribution >= 4 is 21.7 Å². The number of anilines is 1. The van der Waals surface area contributed by atoms with Crippen molar-refractivity contribution in [2.45, 2.75) is 5.75 Å². The number of sulfonamides is 1. The van der Waals surface area contributed by atoms with E-state index in [1.165, 1.54) is 9.21 Å². The Labute approximate surface area is 156 Å². The standard InChI is InChI=1S/C18H19F2N3O3S/c19-15-6-7-17(16(20)12-15)21-18(24)22-8-10-23(11-9-22)27(25,26)13-14-4-2-1-3-5-14/h1-7,12H,8-11,13H2,(H,21,24). The summed E-state index contributed by atoms with van der Waals surface area (Å²) in [6.45, 7) is 0.689. The average Bonchev–Trinajstić information content (AvgIpc) is 2.64. The zero-order chi connectivity index (χ0) is 19.4. The quantitative estimate of drug-likeness (QED) is 0.865. The summed E-state index contributed by atoms with van der Waals surface area (Å²) in [6.07, 6.45) is 0. The molecule has 27 heavy (non-hydrogen) atoms. The first-order chi connectivity index (χ1) is 12.8. The molecule has 1 aliphatic rings. The number of hydrogen-bond donors (Lipinski definition) is 1. The highest BCUT2D eigenvalue weighted by Gasteiger charge is 2.29. The normalized spacial score (nSPS) is 15.6. The van der Waals surface area contributed by atoms with Crippen LogP contribution in [0.5, 0.6) is 0 Å². The van der Waals surface area contributed by atoms with Gasteiger partial charge in [0.25, 0.3) is 0 Å². The molecule has 0 atom stereocenters. The minimum Gasteiger partial charge on any atom is -0.322 e. The lowest BCUT2D eigenvalue weighted by molar-refractivity contribution is 0.184. The van der Waals surface area contributed by atoms with Gasteiger partial charge in [0, 0.05) is 32.2 Å². The molecular weight excluding hydrogens is 376 g/mol. The first-order valence-corrected chi connectivity index (χ1v) is 9.99. The monoisotopic (exact) mass is 395 g/mol. The maximum absolute atomic E-state index is 13.6. The van der Waals surface area contributed by atoms with Crippen molar-refractivity contribution in [3.05, 3.63) is 65.7 Å². The zero-order valence-electron chi connectivity index (χ0n) is 14.4. The smallest absolute Gasteiger partial charge is 0.322 e. The molecule has 1 saturated heterocycles. The highest BCUT2D eigenvalue weighted by Crippen LogP contribution is 2.17. The van der Waals surface area contributed by atoms with E-state index in [2.05, 4.69) is 5.32 Å². The van der Waals surface area contributed by atoms with Gasteiger partial charge in [-0.2, -0.15) is 4.31 Å². The largest absolute Gasteiger partial charge is 0.322 e. The van der Waals surface area contributed by atoms with Crippen molar-refractivity contribution < 1.29 is 22.0 Å². The fourth-order valence-corrected chi connectivity index (χ4v) is 4.35. The second-order valence-corrected chi connectivity index (χ2v) is 8.15. The molecule has 3 rings (SSSR count). The van der Waals surface area contributed by atoms with Gasteiger partial charge in [-0.25, -0.2) is 22.0 Å². The third kappa shape index (κ3) is 4.81. The Morgan fingerprint density at radius 1 is 1.00 bits per heavy atom. The van der Waals surface area contributed by atoms with E-state index in [9.17, 15) is 22.0 Å². The number of amides is 2. The Morgan fingerprint density at radius 3 is 2.30 bits per heavy atom. The molecule has 6 nitrogen and oxygen atoms in total. The van der Waals surface area contributed by atoms with Gasteiger partial charge in [-0.1, -0.05) is 30.3 Å². The number of rotatable bonds is 4. The third-order valence-corrected chi connectivity index (χ3v) is 6.13. The number of halogens is 2. The number of nitrogens with zero attached hydrogens (tertiary/aromatic N) is 2. The molecule has 2 amide bonds. The molecule has 1 heterocycles. The number of piperazine rings is 1. The van der Waals surface area contributed by atoms with E-state index < -0.39 is 27.7 Å². The Hall–Kier alpha value is -2.52. The van der Waals surface area contributed by atoms with E-state index in [-0.39, 0.29) is 37.6 Å². The van der Waals surface area contributed by atoms with Gasteiger partial charge in [0.05, 0.1) is 11.4 Å². The van der Waals surface area contributed by atoms with Gasteiger partial charge in [0.2, 0.25) is 10.0 Å². The molecule has 0 aliphatic carbocycles. The van der Waals surface area contributed by atoms with Gasteiger partial charge in [-0.05, 0) is 17.7 Å². The van der Waals surface area contributed by atoms with Gasteiger partial charge >= 0.3 is 6.03 Å². The Bertz CT molecular complexity index is 915. The van der Waals surface area contributed by atoms with Crippen molar-refractivity contribution in [3.8, 4) is 0 Å². The van der Waals surface area contributed by atoms with Crippen LogP contribution >= 0.6 is 0 Å². The van der Waals surface area contributed by atoms with Crippen LogP contribution in [0.3, 0.4) is 0 Å². The summed E-state index contributed by atoms with van der Waals surface area (Å²) in [6, 6.07) is 11.2. The van der Waals surface area contributed by atoms with E-state index in [1.54, 1.807) is 24.3 Å². The van der Waals surface area contributed by atoms with Gasteiger partial charge in [0.1, 0.15) is 11.6 Å². The highest BCUT2D eigenvalue weighted by atomic mass is 32.2. The predicted octanol–water partition coefficient (Wildman–Crippen LogP) is 2.64. The summed E-state index contributed by atoms with van der Waals surface area (Å²) < 4.78 is 53.0. The molecule has 1 N–H and O–H groups in total. The van der Waals surface area contributed by atoms with E-state index >= 15 is 0 Å². The van der Waals surface area contributed by atoms with E-state index in [1.807, 2.05) is 6.07 Å². The molecule has 0 bridgehead atoms. The summed E-state index contributed by atoms with van der Waals surface area (Å²) in [7, 11) is -3.48. The first kappa shape index (κ1) is 19.2. The zero-order valence-corrected chi connectivity index (χ0v) is 15.3. The van der Waals surface area contributed by atoms with E-state index in [0.717, 1.165) is 12.1 Å². The van der Waals surface area contributed by atoms with Crippen molar-refractivity contribution in [1.29, 1.82) is 0 Å². The van der Waals surface area contributed by atoms with Gasteiger partial charge in [-0.3, -0.25) is 0 Å². The molecule has 9 heteroatoms. The minimum absolute atomic E-state index is 0.0964. The van der Waals surface area contributed by atoms with Crippen molar-refractivity contribution in [2.24, 2.45) is 0 Å². The van der Waals surface area contributed by atoms with Crippen molar-refractivity contribution in [3.63, 3.8) is 0 Å². The second-order valence-electron chi connectivity index (χ2n) is 6.18. The average molecular weight is 395 g/mol. The predicted molar refractivity (Wildman–Crippen MR) is 97.6 cm³/mol. The molecule has 1 fully saturated rings. The summed E-state index contributed by atoms with van der Waals surface area (Å²) in [5.41, 5.74) is 0.574. The Morgan fingerprint density at radius 2 is 1.67 bits per heavy atom. The lowest BCUT2D eigenvalue weighted by atomic mass is 10.2. The molecule has 2 aromatic carbocycles. The first-order valence-electron chi connectivity index (χ1n) is 8.38. The third-order valence-electron chi connectivity index (χ3n) is 4.28. The Kier molecular flexibility index (Phi) is 5.71. The molecule has 0 unspecified atom stereocenters. The Balaban J connectivity index is 1.57. The number of benzene rings is 2. The summed E-state index contributed by atoms with van der Waals surface area (Å²) >= 11 is 0. The van der Waals surface area contributed by atoms with Crippen LogP contribution in [0.4, 0.5) is 19.3 Å². The van der Waals surface area contributed by atoms with E-state index in [0.29, 0.717) is 11.6 Å². The van der Waals surface area contributed by atoms with Crippen LogP contribution < -0.4 is 5.32 Å².